The van der Waals surface area contributed by atoms with Crippen molar-refractivity contribution in [2.24, 2.45) is 0 Å². The van der Waals surface area contributed by atoms with Crippen LogP contribution in [-0.4, -0.2) is 37.8 Å². The minimum Gasteiger partial charge on any atom is -0.493 e. The molecule has 0 aromatic heterocycles. The van der Waals surface area contributed by atoms with E-state index in [4.69, 9.17) is 18.9 Å². The third-order valence-electron chi connectivity index (χ3n) is 14.5. The van der Waals surface area contributed by atoms with E-state index in [1.54, 1.807) is 62.8 Å². The highest BCUT2D eigenvalue weighted by Crippen LogP contribution is 2.55. The molecule has 0 saturated heterocycles. The minimum absolute atomic E-state index is 0.00572. The van der Waals surface area contributed by atoms with Gasteiger partial charge in [0.2, 0.25) is 0 Å². The summed E-state index contributed by atoms with van der Waals surface area (Å²) in [6.45, 7) is 16.5. The van der Waals surface area contributed by atoms with Gasteiger partial charge in [-0.25, -0.2) is 9.80 Å². The molecule has 0 N–H and O–H groups in total. The molecule has 0 unspecified atom stereocenters. The van der Waals surface area contributed by atoms with E-state index in [1.807, 2.05) is 72.8 Å². The third kappa shape index (κ3) is 6.75. The lowest BCUT2D eigenvalue weighted by Gasteiger charge is -2.34. The van der Waals surface area contributed by atoms with E-state index < -0.39 is 23.6 Å². The van der Waals surface area contributed by atoms with Crippen LogP contribution in [-0.2, 0) is 0 Å². The Hall–Kier alpha value is -8.24. The fourth-order valence-corrected chi connectivity index (χ4v) is 11.1. The van der Waals surface area contributed by atoms with E-state index in [0.717, 1.165) is 22.3 Å². The monoisotopic (exact) mass is 954 g/mol. The smallest absolute Gasteiger partial charge is 0.266 e. The molecule has 0 saturated carbocycles. The highest BCUT2D eigenvalue weighted by Gasteiger charge is 2.42. The van der Waals surface area contributed by atoms with Gasteiger partial charge in [-0.15, -0.1) is 0 Å². The molecule has 72 heavy (non-hydrogen) atoms. The topological polar surface area (TPSA) is 112 Å². The lowest BCUT2D eigenvalue weighted by molar-refractivity contribution is 0.0877. The van der Waals surface area contributed by atoms with Crippen LogP contribution in [0.5, 0.6) is 34.5 Å². The number of ether oxygens (including phenoxy) is 4. The predicted octanol–water partition coefficient (Wildman–Crippen LogP) is 15.4. The van der Waals surface area contributed by atoms with Gasteiger partial charge in [0, 0.05) is 43.4 Å². The first-order valence-electron chi connectivity index (χ1n) is 24.6. The van der Waals surface area contributed by atoms with Gasteiger partial charge in [-0.3, -0.25) is 19.2 Å². The van der Waals surface area contributed by atoms with E-state index in [2.05, 4.69) is 55.4 Å². The molecule has 2 heterocycles. The number of rotatable bonds is 12. The van der Waals surface area contributed by atoms with Crippen molar-refractivity contribution in [1.82, 2.24) is 0 Å². The first-order valence-corrected chi connectivity index (χ1v) is 24.6. The van der Waals surface area contributed by atoms with Gasteiger partial charge in [0.25, 0.3) is 23.6 Å². The molecule has 11 rings (SSSR count). The van der Waals surface area contributed by atoms with Crippen LogP contribution in [0.3, 0.4) is 0 Å². The number of para-hydroxylation sites is 6. The van der Waals surface area contributed by atoms with Crippen LogP contribution in [0, 0.1) is 0 Å². The molecule has 9 aromatic carbocycles. The standard InChI is InChI=1S/C62H54N2O8/c1-31(2)35-17-15-18-36(32(3)4)57(35)63-59(65)41-27-25-39-54-50(72-48-24-14-12-22-46(48)70-10)30-44-52-42(60(66)64(62(44)68)58-37(33(5)6)19-16-20-38(58)34(7)8)28-26-40(56(52)54)53-49(29-43(61(63)67)51(41)55(39)53)71-47-23-13-11-21-45(47)69-9/h11-34H,1-10H3. The second-order valence-corrected chi connectivity index (χ2v) is 20.0. The zero-order valence-electron chi connectivity index (χ0n) is 42.0. The molecule has 2 aliphatic rings. The van der Waals surface area contributed by atoms with Crippen LogP contribution in [0.15, 0.2) is 121 Å². The first-order chi connectivity index (χ1) is 34.7. The summed E-state index contributed by atoms with van der Waals surface area (Å²) in [4.78, 5) is 64.7. The Morgan fingerprint density at radius 2 is 0.653 bits per heavy atom. The Morgan fingerprint density at radius 3 is 0.972 bits per heavy atom. The molecule has 4 amide bonds. The van der Waals surface area contributed by atoms with Gasteiger partial charge in [-0.1, -0.05) is 128 Å². The van der Waals surface area contributed by atoms with Crippen molar-refractivity contribution in [3.8, 4) is 34.5 Å². The highest BCUT2D eigenvalue weighted by molar-refractivity contribution is 6.47. The van der Waals surface area contributed by atoms with E-state index in [9.17, 15) is 0 Å². The summed E-state index contributed by atoms with van der Waals surface area (Å²) in [5, 5.41) is 4.47. The largest absolute Gasteiger partial charge is 0.493 e. The molecule has 0 radical (unpaired) electrons. The van der Waals surface area contributed by atoms with Gasteiger partial charge in [0.1, 0.15) is 11.5 Å². The van der Waals surface area contributed by atoms with Crippen molar-refractivity contribution in [2.45, 2.75) is 79.1 Å². The number of imide groups is 2. The number of nitrogens with zero attached hydrogens (tertiary/aromatic N) is 2. The Bertz CT molecular complexity index is 3490. The summed E-state index contributed by atoms with van der Waals surface area (Å²) < 4.78 is 25.6. The van der Waals surface area contributed by atoms with E-state index in [1.165, 1.54) is 9.80 Å². The molecule has 0 fully saturated rings. The minimum atomic E-state index is -0.489. The van der Waals surface area contributed by atoms with Crippen molar-refractivity contribution < 1.29 is 38.1 Å². The summed E-state index contributed by atoms with van der Waals surface area (Å²) in [5.41, 5.74) is 5.92. The zero-order valence-corrected chi connectivity index (χ0v) is 42.0. The molecular formula is C62H54N2O8. The second kappa shape index (κ2) is 17.3. The zero-order chi connectivity index (χ0) is 50.6. The first kappa shape index (κ1) is 46.2. The molecule has 0 aliphatic carbocycles. The van der Waals surface area contributed by atoms with E-state index in [-0.39, 0.29) is 34.8 Å². The lowest BCUT2D eigenvalue weighted by atomic mass is 9.80. The maximum atomic E-state index is 15.6. The number of carbonyl (C=O) groups is 4. The Morgan fingerprint density at radius 1 is 0.333 bits per heavy atom. The number of hydrogen-bond donors (Lipinski definition) is 0. The summed E-state index contributed by atoms with van der Waals surface area (Å²) in [6, 6.07) is 37.2. The Labute approximate surface area is 418 Å². The molecule has 2 aliphatic heterocycles. The summed E-state index contributed by atoms with van der Waals surface area (Å²) in [6.07, 6.45) is 0. The van der Waals surface area contributed by atoms with Gasteiger partial charge >= 0.3 is 0 Å². The van der Waals surface area contributed by atoms with Gasteiger partial charge in [-0.05, 0) is 105 Å². The molecule has 0 atom stereocenters. The lowest BCUT2D eigenvalue weighted by Crippen LogP contribution is -2.42. The maximum Gasteiger partial charge on any atom is 0.266 e. The van der Waals surface area contributed by atoms with Crippen LogP contribution < -0.4 is 28.7 Å². The quantitative estimate of drug-likeness (QED) is 0.0676. The predicted molar refractivity (Wildman–Crippen MR) is 285 cm³/mol. The fourth-order valence-electron chi connectivity index (χ4n) is 11.1. The molecule has 10 nitrogen and oxygen atoms in total. The molecule has 9 aromatic rings. The van der Waals surface area contributed by atoms with Gasteiger partial charge in [-0.2, -0.15) is 0 Å². The van der Waals surface area contributed by atoms with E-state index in [0.29, 0.717) is 100 Å². The van der Waals surface area contributed by atoms with E-state index >= 15 is 19.2 Å². The molecule has 360 valence electrons. The van der Waals surface area contributed by atoms with Crippen molar-refractivity contribution in [2.75, 3.05) is 24.0 Å². The van der Waals surface area contributed by atoms with Crippen molar-refractivity contribution >= 4 is 78.1 Å². The third-order valence-corrected chi connectivity index (χ3v) is 14.5. The van der Waals surface area contributed by atoms with Gasteiger partial charge < -0.3 is 18.9 Å². The van der Waals surface area contributed by atoms with Crippen LogP contribution in [0.1, 0.15) is 143 Å². The summed E-state index contributed by atoms with van der Waals surface area (Å²) >= 11 is 0. The number of carbonyl (C=O) groups excluding carboxylic acids is 4. The average molecular weight is 955 g/mol. The molecule has 0 bridgehead atoms. The fraction of sp³-hybridized carbons (Fsp3) is 0.226. The van der Waals surface area contributed by atoms with Crippen LogP contribution in [0.4, 0.5) is 11.4 Å². The number of anilines is 2. The SMILES string of the molecule is COc1ccccc1Oc1cc2c3c(ccc4c5c(Oc6ccccc6OC)cc6c7c(ccc(c1c34)c75)C(=O)N(c1c(C(C)C)cccc1C(C)C)C6=O)C(=O)N(c1c(C(C)C)cccc1C(C)C)C2=O. The highest BCUT2D eigenvalue weighted by atomic mass is 16.5. The molecule has 10 heteroatoms. The number of amides is 4. The Balaban J connectivity index is 1.28. The van der Waals surface area contributed by atoms with Crippen LogP contribution in [0.25, 0.3) is 43.1 Å². The summed E-state index contributed by atoms with van der Waals surface area (Å²) in [7, 11) is 3.13. The Kier molecular flexibility index (Phi) is 11.1. The van der Waals surface area contributed by atoms with Crippen molar-refractivity contribution in [3.05, 3.63) is 166 Å². The number of methoxy groups -OCH3 is 2. The average Bonchev–Trinajstić information content (AvgIpc) is 3.37. The summed E-state index contributed by atoms with van der Waals surface area (Å²) in [5.74, 6) is 0.433. The maximum absolute atomic E-state index is 15.6. The normalized spacial score (nSPS) is 13.7. The molecule has 0 spiro atoms. The second-order valence-electron chi connectivity index (χ2n) is 20.0. The van der Waals surface area contributed by atoms with Crippen molar-refractivity contribution in [3.63, 3.8) is 0 Å². The van der Waals surface area contributed by atoms with Crippen LogP contribution in [0.2, 0.25) is 0 Å². The number of fused-ring (bicyclic) bond motifs is 2. The van der Waals surface area contributed by atoms with Gasteiger partial charge in [0.15, 0.2) is 23.0 Å². The van der Waals surface area contributed by atoms with Crippen molar-refractivity contribution in [1.29, 1.82) is 0 Å². The number of hydrogen-bond acceptors (Lipinski definition) is 8. The molecular weight excluding hydrogens is 901 g/mol. The van der Waals surface area contributed by atoms with Gasteiger partial charge in [0.05, 0.1) is 36.7 Å². The van der Waals surface area contributed by atoms with Crippen LogP contribution >= 0.6 is 0 Å². The number of benzene rings is 9.